The van der Waals surface area contributed by atoms with Crippen molar-refractivity contribution in [1.29, 1.82) is 0 Å². The monoisotopic (exact) mass is 306 g/mol. The van der Waals surface area contributed by atoms with Gasteiger partial charge in [0.05, 0.1) is 13.5 Å². The predicted octanol–water partition coefficient (Wildman–Crippen LogP) is 1.14. The van der Waals surface area contributed by atoms with Crippen molar-refractivity contribution >= 4 is 16.2 Å². The number of nitrogens with zero attached hydrogens (tertiary/aromatic N) is 1. The molecule has 0 radical (unpaired) electrons. The van der Waals surface area contributed by atoms with Crippen molar-refractivity contribution < 1.29 is 17.9 Å². The van der Waals surface area contributed by atoms with Gasteiger partial charge in [0.15, 0.2) is 0 Å². The van der Waals surface area contributed by atoms with Gasteiger partial charge in [-0.1, -0.05) is 26.2 Å². The lowest BCUT2D eigenvalue weighted by Crippen LogP contribution is -2.42. The molecule has 1 N–H and O–H groups in total. The van der Waals surface area contributed by atoms with Crippen molar-refractivity contribution in [3.8, 4) is 0 Å². The van der Waals surface area contributed by atoms with Crippen molar-refractivity contribution in [3.05, 3.63) is 0 Å². The summed E-state index contributed by atoms with van der Waals surface area (Å²) in [4.78, 5) is 11.0. The quantitative estimate of drug-likeness (QED) is 0.716. The van der Waals surface area contributed by atoms with Crippen LogP contribution in [0.25, 0.3) is 0 Å². The number of hydrogen-bond donors (Lipinski definition) is 1. The van der Waals surface area contributed by atoms with E-state index < -0.39 is 16.2 Å². The fraction of sp³-hybridized carbons (Fsp3) is 0.923. The zero-order valence-electron chi connectivity index (χ0n) is 12.6. The minimum Gasteiger partial charge on any atom is -0.469 e. The van der Waals surface area contributed by atoms with E-state index >= 15 is 0 Å². The molecule has 1 rings (SSSR count). The predicted molar refractivity (Wildman–Crippen MR) is 77.3 cm³/mol. The van der Waals surface area contributed by atoms with E-state index in [2.05, 4.69) is 16.4 Å². The number of carbonyl (C=O) groups is 1. The lowest BCUT2D eigenvalue weighted by Gasteiger charge is -2.29. The van der Waals surface area contributed by atoms with Gasteiger partial charge in [-0.3, -0.25) is 4.79 Å². The molecule has 0 saturated heterocycles. The van der Waals surface area contributed by atoms with Crippen LogP contribution in [0.15, 0.2) is 0 Å². The second-order valence-electron chi connectivity index (χ2n) is 5.52. The summed E-state index contributed by atoms with van der Waals surface area (Å²) in [6.45, 7) is 2.79. The van der Waals surface area contributed by atoms with Gasteiger partial charge >= 0.3 is 5.97 Å². The Hall–Kier alpha value is -0.660. The molecule has 2 atom stereocenters. The fourth-order valence-corrected chi connectivity index (χ4v) is 3.47. The fourth-order valence-electron chi connectivity index (χ4n) is 2.49. The number of esters is 1. The Morgan fingerprint density at radius 2 is 2.00 bits per heavy atom. The summed E-state index contributed by atoms with van der Waals surface area (Å²) in [5.41, 5.74) is 0. The molecule has 1 fully saturated rings. The molecule has 0 aromatic carbocycles. The van der Waals surface area contributed by atoms with Crippen LogP contribution in [0.1, 0.15) is 39.0 Å². The van der Waals surface area contributed by atoms with Crippen LogP contribution in [0.3, 0.4) is 0 Å². The normalized spacial score (nSPS) is 23.8. The van der Waals surface area contributed by atoms with Gasteiger partial charge in [-0.05, 0) is 18.3 Å². The molecule has 118 valence electrons. The van der Waals surface area contributed by atoms with Gasteiger partial charge in [-0.2, -0.15) is 12.7 Å². The number of hydrogen-bond acceptors (Lipinski definition) is 4. The number of carbonyl (C=O) groups excluding carboxylic acids is 1. The molecule has 7 heteroatoms. The molecule has 0 aliphatic heterocycles. The molecular formula is C13H26N2O4S. The maximum Gasteiger partial charge on any atom is 0.306 e. The third kappa shape index (κ3) is 5.38. The van der Waals surface area contributed by atoms with Gasteiger partial charge in [0, 0.05) is 20.1 Å². The summed E-state index contributed by atoms with van der Waals surface area (Å²) in [6, 6.07) is 0. The van der Waals surface area contributed by atoms with E-state index in [9.17, 15) is 13.2 Å². The zero-order valence-corrected chi connectivity index (χ0v) is 13.4. The number of nitrogens with one attached hydrogen (secondary N) is 1. The second kappa shape index (κ2) is 7.95. The Bertz CT molecular complexity index is 411. The first-order valence-electron chi connectivity index (χ1n) is 7.14. The third-order valence-electron chi connectivity index (χ3n) is 4.09. The number of ether oxygens (including phenoxy) is 1. The maximum atomic E-state index is 12.0. The van der Waals surface area contributed by atoms with Crippen molar-refractivity contribution in [3.63, 3.8) is 0 Å². The van der Waals surface area contributed by atoms with Crippen LogP contribution >= 0.6 is 0 Å². The number of rotatable bonds is 7. The molecule has 0 heterocycles. The van der Waals surface area contributed by atoms with Crippen LogP contribution < -0.4 is 4.72 Å². The van der Waals surface area contributed by atoms with E-state index in [1.54, 1.807) is 0 Å². The van der Waals surface area contributed by atoms with Gasteiger partial charge in [0.25, 0.3) is 10.2 Å². The molecular weight excluding hydrogens is 280 g/mol. The highest BCUT2D eigenvalue weighted by atomic mass is 32.2. The van der Waals surface area contributed by atoms with Gasteiger partial charge in [-0.15, -0.1) is 0 Å². The van der Waals surface area contributed by atoms with Crippen molar-refractivity contribution in [2.75, 3.05) is 27.2 Å². The Balaban J connectivity index is 2.41. The van der Waals surface area contributed by atoms with E-state index in [-0.39, 0.29) is 13.0 Å². The molecule has 1 aliphatic carbocycles. The van der Waals surface area contributed by atoms with Crippen LogP contribution in [0, 0.1) is 11.8 Å². The molecule has 0 aromatic rings. The van der Waals surface area contributed by atoms with E-state index in [4.69, 9.17) is 0 Å². The summed E-state index contributed by atoms with van der Waals surface area (Å²) in [6.07, 6.45) is 4.73. The second-order valence-corrected chi connectivity index (χ2v) is 7.39. The standard InChI is InChI=1S/C13H26N2O4S/c1-11-6-4-5-7-12(11)10-14-20(17,18)15(2)9-8-13(16)19-3/h11-12,14H,4-10H2,1-3H3. The Morgan fingerprint density at radius 1 is 1.35 bits per heavy atom. The first-order chi connectivity index (χ1) is 9.36. The minimum atomic E-state index is -3.51. The van der Waals surface area contributed by atoms with Gasteiger partial charge in [0.2, 0.25) is 0 Å². The van der Waals surface area contributed by atoms with Crippen molar-refractivity contribution in [1.82, 2.24) is 9.03 Å². The summed E-state index contributed by atoms with van der Waals surface area (Å²) >= 11 is 0. The molecule has 0 spiro atoms. The maximum absolute atomic E-state index is 12.0. The Kier molecular flexibility index (Phi) is 6.91. The molecule has 6 nitrogen and oxygen atoms in total. The van der Waals surface area contributed by atoms with Crippen molar-refractivity contribution in [2.24, 2.45) is 11.8 Å². The van der Waals surface area contributed by atoms with Crippen LogP contribution in [-0.2, 0) is 19.7 Å². The highest BCUT2D eigenvalue weighted by molar-refractivity contribution is 7.87. The molecule has 0 amide bonds. The summed E-state index contributed by atoms with van der Waals surface area (Å²) in [5.74, 6) is 0.562. The van der Waals surface area contributed by atoms with Crippen LogP contribution in [-0.4, -0.2) is 45.9 Å². The molecule has 1 aliphatic rings. The third-order valence-corrected chi connectivity index (χ3v) is 5.62. The van der Waals surface area contributed by atoms with Crippen LogP contribution in [0.2, 0.25) is 0 Å². The average molecular weight is 306 g/mol. The molecule has 20 heavy (non-hydrogen) atoms. The summed E-state index contributed by atoms with van der Waals surface area (Å²) < 4.78 is 32.4. The highest BCUT2D eigenvalue weighted by Crippen LogP contribution is 2.28. The van der Waals surface area contributed by atoms with E-state index in [0.29, 0.717) is 18.4 Å². The van der Waals surface area contributed by atoms with Gasteiger partial charge in [-0.25, -0.2) is 4.72 Å². The van der Waals surface area contributed by atoms with Crippen molar-refractivity contribution in [2.45, 2.75) is 39.0 Å². The molecule has 0 aromatic heterocycles. The smallest absolute Gasteiger partial charge is 0.306 e. The van der Waals surface area contributed by atoms with Gasteiger partial charge in [0.1, 0.15) is 0 Å². The lowest BCUT2D eigenvalue weighted by atomic mass is 9.81. The first-order valence-corrected chi connectivity index (χ1v) is 8.58. The minimum absolute atomic E-state index is 0.0632. The topological polar surface area (TPSA) is 75.7 Å². The summed E-state index contributed by atoms with van der Waals surface area (Å²) in [5, 5.41) is 0. The van der Waals surface area contributed by atoms with E-state index in [1.165, 1.54) is 33.4 Å². The SMILES string of the molecule is COC(=O)CCN(C)S(=O)(=O)NCC1CCCCC1C. The Morgan fingerprint density at radius 3 is 2.60 bits per heavy atom. The first kappa shape index (κ1) is 17.4. The van der Waals surface area contributed by atoms with Crippen LogP contribution in [0.5, 0.6) is 0 Å². The van der Waals surface area contributed by atoms with Crippen LogP contribution in [0.4, 0.5) is 0 Å². The average Bonchev–Trinajstić information content (AvgIpc) is 2.43. The highest BCUT2D eigenvalue weighted by Gasteiger charge is 2.24. The molecule has 1 saturated carbocycles. The largest absolute Gasteiger partial charge is 0.469 e. The Labute approximate surface area is 122 Å². The van der Waals surface area contributed by atoms with E-state index in [0.717, 1.165) is 10.7 Å². The zero-order chi connectivity index (χ0) is 15.2. The summed E-state index contributed by atoms with van der Waals surface area (Å²) in [7, 11) is -0.752. The van der Waals surface area contributed by atoms with Gasteiger partial charge < -0.3 is 4.74 Å². The van der Waals surface area contributed by atoms with E-state index in [1.807, 2.05) is 0 Å². The number of methoxy groups -OCH3 is 1. The molecule has 0 bridgehead atoms. The molecule has 2 unspecified atom stereocenters. The lowest BCUT2D eigenvalue weighted by molar-refractivity contribution is -0.140.